The summed E-state index contributed by atoms with van der Waals surface area (Å²) in [6.45, 7) is 13.0. The van der Waals surface area contributed by atoms with Crippen LogP contribution < -0.4 is 5.32 Å². The Kier molecular flexibility index (Phi) is 5.22. The number of ether oxygens (including phenoxy) is 1. The third kappa shape index (κ3) is 4.81. The fourth-order valence-corrected chi connectivity index (χ4v) is 2.34. The number of likely N-dealkylation sites (tertiary alicyclic amines) is 1. The topological polar surface area (TPSA) is 24.5 Å². The number of nitrogens with one attached hydrogen (secondary N) is 1. The van der Waals surface area contributed by atoms with E-state index in [1.807, 2.05) is 0 Å². The fourth-order valence-electron chi connectivity index (χ4n) is 2.34. The average molecular weight is 228 g/mol. The first-order valence-electron chi connectivity index (χ1n) is 6.46. The Labute approximate surface area is 101 Å². The summed E-state index contributed by atoms with van der Waals surface area (Å²) in [6.07, 6.45) is 1.26. The molecule has 96 valence electrons. The number of nitrogens with zero attached hydrogens (tertiary/aromatic N) is 1. The minimum Gasteiger partial charge on any atom is -0.375 e. The third-order valence-electron chi connectivity index (χ3n) is 3.30. The second-order valence-electron chi connectivity index (χ2n) is 5.92. The molecule has 2 unspecified atom stereocenters. The van der Waals surface area contributed by atoms with Gasteiger partial charge in [0.25, 0.3) is 0 Å². The standard InChI is InChI=1S/C13H28N2O/c1-11-10-15(7-6-12(11)14-5)8-9-16-13(2,3)4/h11-12,14H,6-10H2,1-5H3. The first-order valence-corrected chi connectivity index (χ1v) is 6.46. The molecule has 1 N–H and O–H groups in total. The van der Waals surface area contributed by atoms with Crippen LogP contribution in [0, 0.1) is 5.92 Å². The molecule has 0 spiro atoms. The van der Waals surface area contributed by atoms with Gasteiger partial charge >= 0.3 is 0 Å². The lowest BCUT2D eigenvalue weighted by Crippen LogP contribution is -2.48. The first kappa shape index (κ1) is 13.9. The normalized spacial score (nSPS) is 28.3. The molecular weight excluding hydrogens is 200 g/mol. The van der Waals surface area contributed by atoms with Crippen LogP contribution in [0.25, 0.3) is 0 Å². The molecule has 1 aliphatic heterocycles. The monoisotopic (exact) mass is 228 g/mol. The largest absolute Gasteiger partial charge is 0.375 e. The van der Waals surface area contributed by atoms with Crippen molar-refractivity contribution in [3.05, 3.63) is 0 Å². The van der Waals surface area contributed by atoms with Crippen molar-refractivity contribution >= 4 is 0 Å². The van der Waals surface area contributed by atoms with Gasteiger partial charge in [-0.25, -0.2) is 0 Å². The van der Waals surface area contributed by atoms with Gasteiger partial charge in [0.1, 0.15) is 0 Å². The molecule has 3 nitrogen and oxygen atoms in total. The molecule has 1 heterocycles. The van der Waals surface area contributed by atoms with E-state index < -0.39 is 0 Å². The van der Waals surface area contributed by atoms with Crippen molar-refractivity contribution in [2.45, 2.75) is 45.8 Å². The van der Waals surface area contributed by atoms with Gasteiger partial charge in [-0.3, -0.25) is 0 Å². The summed E-state index contributed by atoms with van der Waals surface area (Å²) < 4.78 is 5.76. The Hall–Kier alpha value is -0.120. The summed E-state index contributed by atoms with van der Waals surface area (Å²) in [5.41, 5.74) is -0.00505. The van der Waals surface area contributed by atoms with E-state index in [1.165, 1.54) is 19.5 Å². The minimum absolute atomic E-state index is 0.00505. The lowest BCUT2D eigenvalue weighted by molar-refractivity contribution is -0.0179. The van der Waals surface area contributed by atoms with E-state index in [1.54, 1.807) is 0 Å². The van der Waals surface area contributed by atoms with Crippen molar-refractivity contribution in [2.75, 3.05) is 33.3 Å². The first-order chi connectivity index (χ1) is 7.42. The minimum atomic E-state index is -0.00505. The van der Waals surface area contributed by atoms with Gasteiger partial charge in [0, 0.05) is 19.1 Å². The highest BCUT2D eigenvalue weighted by atomic mass is 16.5. The molecule has 2 atom stereocenters. The van der Waals surface area contributed by atoms with Crippen molar-refractivity contribution in [1.82, 2.24) is 10.2 Å². The van der Waals surface area contributed by atoms with E-state index in [2.05, 4.69) is 45.0 Å². The molecule has 0 saturated carbocycles. The summed E-state index contributed by atoms with van der Waals surface area (Å²) in [5.74, 6) is 0.744. The van der Waals surface area contributed by atoms with Gasteiger partial charge in [0.05, 0.1) is 12.2 Å². The predicted octanol–water partition coefficient (Wildman–Crippen LogP) is 1.73. The Morgan fingerprint density at radius 2 is 2.06 bits per heavy atom. The molecule has 16 heavy (non-hydrogen) atoms. The number of piperidine rings is 1. The molecule has 1 fully saturated rings. The lowest BCUT2D eigenvalue weighted by atomic mass is 9.94. The fraction of sp³-hybridized carbons (Fsp3) is 1.00. The van der Waals surface area contributed by atoms with Crippen LogP contribution in [0.2, 0.25) is 0 Å². The summed E-state index contributed by atoms with van der Waals surface area (Å²) in [4.78, 5) is 2.52. The number of hydrogen-bond acceptors (Lipinski definition) is 3. The predicted molar refractivity (Wildman–Crippen MR) is 68.8 cm³/mol. The van der Waals surface area contributed by atoms with Crippen molar-refractivity contribution in [1.29, 1.82) is 0 Å². The molecule has 0 radical (unpaired) electrons. The van der Waals surface area contributed by atoms with Crippen LogP contribution in [0.1, 0.15) is 34.1 Å². The van der Waals surface area contributed by atoms with Gasteiger partial charge in [0.2, 0.25) is 0 Å². The zero-order valence-electron chi connectivity index (χ0n) is 11.5. The molecule has 0 aliphatic carbocycles. The molecule has 0 aromatic rings. The van der Waals surface area contributed by atoms with Crippen molar-refractivity contribution in [3.63, 3.8) is 0 Å². The van der Waals surface area contributed by atoms with E-state index in [4.69, 9.17) is 4.74 Å². The van der Waals surface area contributed by atoms with Crippen molar-refractivity contribution in [3.8, 4) is 0 Å². The third-order valence-corrected chi connectivity index (χ3v) is 3.30. The average Bonchev–Trinajstić information content (AvgIpc) is 2.16. The highest BCUT2D eigenvalue weighted by Gasteiger charge is 2.24. The van der Waals surface area contributed by atoms with Crippen LogP contribution in [-0.2, 0) is 4.74 Å². The van der Waals surface area contributed by atoms with Crippen LogP contribution >= 0.6 is 0 Å². The SMILES string of the molecule is CNC1CCN(CCOC(C)(C)C)CC1C. The van der Waals surface area contributed by atoms with Gasteiger partial charge in [-0.2, -0.15) is 0 Å². The summed E-state index contributed by atoms with van der Waals surface area (Å²) >= 11 is 0. The Bertz CT molecular complexity index is 201. The highest BCUT2D eigenvalue weighted by Crippen LogP contribution is 2.16. The maximum atomic E-state index is 5.76. The maximum Gasteiger partial charge on any atom is 0.0600 e. The van der Waals surface area contributed by atoms with Crippen molar-refractivity contribution < 1.29 is 4.74 Å². The van der Waals surface area contributed by atoms with E-state index in [0.717, 1.165) is 19.1 Å². The smallest absolute Gasteiger partial charge is 0.0600 e. The molecule has 1 saturated heterocycles. The van der Waals surface area contributed by atoms with Gasteiger partial charge in [0.15, 0.2) is 0 Å². The summed E-state index contributed by atoms with van der Waals surface area (Å²) in [5, 5.41) is 3.40. The molecule has 0 aromatic heterocycles. The van der Waals surface area contributed by atoms with Crippen LogP contribution in [0.3, 0.4) is 0 Å². The van der Waals surface area contributed by atoms with Crippen LogP contribution in [0.4, 0.5) is 0 Å². The Morgan fingerprint density at radius 1 is 1.38 bits per heavy atom. The van der Waals surface area contributed by atoms with E-state index >= 15 is 0 Å². The molecule has 1 rings (SSSR count). The van der Waals surface area contributed by atoms with Gasteiger partial charge in [-0.15, -0.1) is 0 Å². The molecule has 1 aliphatic rings. The zero-order chi connectivity index (χ0) is 12.2. The second-order valence-corrected chi connectivity index (χ2v) is 5.92. The zero-order valence-corrected chi connectivity index (χ0v) is 11.5. The number of hydrogen-bond donors (Lipinski definition) is 1. The van der Waals surface area contributed by atoms with Gasteiger partial charge in [-0.1, -0.05) is 6.92 Å². The van der Waals surface area contributed by atoms with E-state index in [0.29, 0.717) is 6.04 Å². The highest BCUT2D eigenvalue weighted by molar-refractivity contribution is 4.81. The number of rotatable bonds is 4. The maximum absolute atomic E-state index is 5.76. The molecule has 0 aromatic carbocycles. The van der Waals surface area contributed by atoms with Crippen LogP contribution in [0.15, 0.2) is 0 Å². The van der Waals surface area contributed by atoms with Crippen molar-refractivity contribution in [2.24, 2.45) is 5.92 Å². The molecule has 0 amide bonds. The van der Waals surface area contributed by atoms with Gasteiger partial charge in [-0.05, 0) is 46.7 Å². The Balaban J connectivity index is 2.20. The Morgan fingerprint density at radius 3 is 2.56 bits per heavy atom. The van der Waals surface area contributed by atoms with E-state index in [-0.39, 0.29) is 5.60 Å². The summed E-state index contributed by atoms with van der Waals surface area (Å²) in [6, 6.07) is 0.694. The van der Waals surface area contributed by atoms with Crippen LogP contribution in [-0.4, -0.2) is 49.8 Å². The summed E-state index contributed by atoms with van der Waals surface area (Å²) in [7, 11) is 2.07. The molecular formula is C13H28N2O. The quantitative estimate of drug-likeness (QED) is 0.793. The second kappa shape index (κ2) is 5.99. The molecule has 0 bridgehead atoms. The molecule has 3 heteroatoms. The van der Waals surface area contributed by atoms with Gasteiger partial charge < -0.3 is 15.0 Å². The van der Waals surface area contributed by atoms with Crippen LogP contribution in [0.5, 0.6) is 0 Å². The van der Waals surface area contributed by atoms with E-state index in [9.17, 15) is 0 Å². The lowest BCUT2D eigenvalue weighted by Gasteiger charge is -2.37.